The van der Waals surface area contributed by atoms with Gasteiger partial charge in [0.2, 0.25) is 0 Å². The quantitative estimate of drug-likeness (QED) is 0.687. The van der Waals surface area contributed by atoms with E-state index in [0.717, 1.165) is 11.3 Å². The van der Waals surface area contributed by atoms with Gasteiger partial charge in [0.15, 0.2) is 0 Å². The fraction of sp³-hybridized carbons (Fsp3) is 0.133. The Hall–Kier alpha value is -1.74. The lowest BCUT2D eigenvalue weighted by molar-refractivity contribution is 1.02. The molecular weight excluding hydrogens is 240 g/mol. The van der Waals surface area contributed by atoms with Crippen molar-refractivity contribution in [2.75, 3.05) is 0 Å². The van der Waals surface area contributed by atoms with Crippen molar-refractivity contribution in [3.05, 3.63) is 54.5 Å². The van der Waals surface area contributed by atoms with Crippen molar-refractivity contribution in [2.24, 2.45) is 0 Å². The summed E-state index contributed by atoms with van der Waals surface area (Å²) in [6.45, 7) is 2.15. The molecule has 2 nitrogen and oxygen atoms in total. The number of rotatable bonds is 2. The minimum absolute atomic E-state index is 0.980. The van der Waals surface area contributed by atoms with Gasteiger partial charge in [0.25, 0.3) is 0 Å². The van der Waals surface area contributed by atoms with Crippen molar-refractivity contribution in [2.45, 2.75) is 18.2 Å². The average Bonchev–Trinajstić information content (AvgIpc) is 2.81. The smallest absolute Gasteiger partial charge is 0.0529 e. The number of nitrogens with zero attached hydrogens (tertiary/aromatic N) is 2. The van der Waals surface area contributed by atoms with E-state index in [0.29, 0.717) is 0 Å². The van der Waals surface area contributed by atoms with E-state index in [2.05, 4.69) is 59.6 Å². The Balaban J connectivity index is 2.26. The van der Waals surface area contributed by atoms with Gasteiger partial charge in [-0.1, -0.05) is 6.92 Å². The minimum Gasteiger partial charge on any atom is -0.316 e. The summed E-state index contributed by atoms with van der Waals surface area (Å²) >= 11 is 4.38. The number of hydrogen-bond donors (Lipinski definition) is 1. The van der Waals surface area contributed by atoms with Crippen LogP contribution in [0.2, 0.25) is 0 Å². The Bertz CT molecular complexity index is 701. The maximum Gasteiger partial charge on any atom is 0.0529 e. The molecule has 0 N–H and O–H groups in total. The van der Waals surface area contributed by atoms with Gasteiger partial charge in [-0.25, -0.2) is 0 Å². The second-order valence-corrected chi connectivity index (χ2v) is 4.80. The van der Waals surface area contributed by atoms with Crippen LogP contribution >= 0.6 is 12.6 Å². The van der Waals surface area contributed by atoms with E-state index >= 15 is 0 Å². The summed E-state index contributed by atoms with van der Waals surface area (Å²) in [5, 5.41) is 1.21. The summed E-state index contributed by atoms with van der Waals surface area (Å²) < 4.78 is 2.21. The lowest BCUT2D eigenvalue weighted by Crippen LogP contribution is -1.98. The summed E-state index contributed by atoms with van der Waals surface area (Å²) in [5.74, 6) is 0. The summed E-state index contributed by atoms with van der Waals surface area (Å²) in [6.07, 6.45) is 6.86. The minimum atomic E-state index is 0.980. The van der Waals surface area contributed by atoms with E-state index in [4.69, 9.17) is 0 Å². The second kappa shape index (κ2) is 4.50. The highest BCUT2D eigenvalue weighted by Crippen LogP contribution is 2.24. The fourth-order valence-corrected chi connectivity index (χ4v) is 2.48. The molecule has 3 rings (SSSR count). The van der Waals surface area contributed by atoms with Gasteiger partial charge in [0, 0.05) is 28.9 Å². The van der Waals surface area contributed by atoms with E-state index < -0.39 is 0 Å². The van der Waals surface area contributed by atoms with Crippen molar-refractivity contribution in [3.8, 4) is 5.69 Å². The molecule has 0 bridgehead atoms. The zero-order chi connectivity index (χ0) is 12.5. The largest absolute Gasteiger partial charge is 0.316 e. The first-order chi connectivity index (χ1) is 8.79. The third-order valence-corrected chi connectivity index (χ3v) is 3.47. The van der Waals surface area contributed by atoms with E-state index in [9.17, 15) is 0 Å². The highest BCUT2D eigenvalue weighted by molar-refractivity contribution is 7.80. The van der Waals surface area contributed by atoms with Crippen LogP contribution in [0.25, 0.3) is 16.6 Å². The molecule has 0 aliphatic heterocycles. The van der Waals surface area contributed by atoms with Crippen LogP contribution in [0.3, 0.4) is 0 Å². The predicted octanol–water partition coefficient (Wildman–Crippen LogP) is 3.88. The molecular formula is C15H14N2S. The van der Waals surface area contributed by atoms with Crippen molar-refractivity contribution >= 4 is 23.5 Å². The summed E-state index contributed by atoms with van der Waals surface area (Å²) in [4.78, 5) is 5.19. The van der Waals surface area contributed by atoms with Gasteiger partial charge < -0.3 is 4.57 Å². The van der Waals surface area contributed by atoms with Crippen LogP contribution in [-0.4, -0.2) is 9.55 Å². The molecule has 0 radical (unpaired) electrons. The first-order valence-electron chi connectivity index (χ1n) is 6.03. The lowest BCUT2D eigenvalue weighted by atomic mass is 10.2. The second-order valence-electron chi connectivity index (χ2n) is 4.29. The molecule has 0 fully saturated rings. The third kappa shape index (κ3) is 1.81. The summed E-state index contributed by atoms with van der Waals surface area (Å²) in [5.41, 5.74) is 3.66. The number of aryl methyl sites for hydroxylation is 1. The number of benzene rings is 1. The SMILES string of the molecule is CCc1cnccc1-n1ccc2cc(S)ccc21. The maximum atomic E-state index is 4.38. The fourth-order valence-electron chi connectivity index (χ4n) is 2.27. The summed E-state index contributed by atoms with van der Waals surface area (Å²) in [6, 6.07) is 10.4. The van der Waals surface area contributed by atoms with Gasteiger partial charge in [-0.15, -0.1) is 12.6 Å². The van der Waals surface area contributed by atoms with E-state index in [1.807, 2.05) is 18.5 Å². The van der Waals surface area contributed by atoms with Gasteiger partial charge in [-0.3, -0.25) is 4.98 Å². The van der Waals surface area contributed by atoms with Crippen molar-refractivity contribution < 1.29 is 0 Å². The highest BCUT2D eigenvalue weighted by atomic mass is 32.1. The average molecular weight is 254 g/mol. The number of pyridine rings is 1. The molecule has 1 aromatic carbocycles. The van der Waals surface area contributed by atoms with Crippen LogP contribution in [0.1, 0.15) is 12.5 Å². The Morgan fingerprint density at radius 1 is 1.22 bits per heavy atom. The number of fused-ring (bicyclic) bond motifs is 1. The van der Waals surface area contributed by atoms with Crippen LogP contribution in [0.4, 0.5) is 0 Å². The Morgan fingerprint density at radius 2 is 2.11 bits per heavy atom. The van der Waals surface area contributed by atoms with Crippen LogP contribution < -0.4 is 0 Å². The first kappa shape index (κ1) is 11.4. The highest BCUT2D eigenvalue weighted by Gasteiger charge is 2.06. The number of thiol groups is 1. The molecule has 0 unspecified atom stereocenters. The number of aromatic nitrogens is 2. The van der Waals surface area contributed by atoms with E-state index in [-0.39, 0.29) is 0 Å². The molecule has 18 heavy (non-hydrogen) atoms. The zero-order valence-corrected chi connectivity index (χ0v) is 11.1. The molecule has 0 atom stereocenters. The molecule has 0 aliphatic rings. The molecule has 2 aromatic heterocycles. The van der Waals surface area contributed by atoms with Crippen LogP contribution in [-0.2, 0) is 6.42 Å². The van der Waals surface area contributed by atoms with E-state index in [1.54, 1.807) is 0 Å². The predicted molar refractivity (Wildman–Crippen MR) is 77.7 cm³/mol. The van der Waals surface area contributed by atoms with Gasteiger partial charge >= 0.3 is 0 Å². The molecule has 90 valence electrons. The van der Waals surface area contributed by atoms with Gasteiger partial charge in [0.1, 0.15) is 0 Å². The van der Waals surface area contributed by atoms with Gasteiger partial charge in [-0.2, -0.15) is 0 Å². The molecule has 0 spiro atoms. The maximum absolute atomic E-state index is 4.38. The number of hydrogen-bond acceptors (Lipinski definition) is 2. The van der Waals surface area contributed by atoms with Crippen molar-refractivity contribution in [1.82, 2.24) is 9.55 Å². The van der Waals surface area contributed by atoms with Crippen LogP contribution in [0.5, 0.6) is 0 Å². The topological polar surface area (TPSA) is 17.8 Å². The van der Waals surface area contributed by atoms with Crippen LogP contribution in [0.15, 0.2) is 53.8 Å². The molecule has 3 heteroatoms. The molecule has 3 aromatic rings. The third-order valence-electron chi connectivity index (χ3n) is 3.19. The van der Waals surface area contributed by atoms with Gasteiger partial charge in [0.05, 0.1) is 11.2 Å². The standard InChI is InChI=1S/C15H14N2S/c1-2-11-10-16-7-5-15(11)17-8-6-12-9-13(18)3-4-14(12)17/h3-10,18H,2H2,1H3. The van der Waals surface area contributed by atoms with E-state index in [1.165, 1.54) is 22.2 Å². The Morgan fingerprint density at radius 3 is 2.94 bits per heavy atom. The summed E-state index contributed by atoms with van der Waals surface area (Å²) in [7, 11) is 0. The van der Waals surface area contributed by atoms with Gasteiger partial charge in [-0.05, 0) is 42.3 Å². The van der Waals surface area contributed by atoms with Crippen molar-refractivity contribution in [3.63, 3.8) is 0 Å². The van der Waals surface area contributed by atoms with Crippen molar-refractivity contribution in [1.29, 1.82) is 0 Å². The first-order valence-corrected chi connectivity index (χ1v) is 6.47. The monoisotopic (exact) mass is 254 g/mol. The van der Waals surface area contributed by atoms with Crippen LogP contribution in [0, 0.1) is 0 Å². The molecule has 0 amide bonds. The Labute approximate surface area is 112 Å². The molecule has 2 heterocycles. The Kier molecular flexibility index (Phi) is 2.84. The molecule has 0 saturated heterocycles. The lowest BCUT2D eigenvalue weighted by Gasteiger charge is -2.10. The zero-order valence-electron chi connectivity index (χ0n) is 10.2. The molecule has 0 aliphatic carbocycles. The molecule has 0 saturated carbocycles. The normalized spacial score (nSPS) is 11.0.